The fourth-order valence-corrected chi connectivity index (χ4v) is 2.81. The lowest BCUT2D eigenvalue weighted by atomic mass is 10.2. The fraction of sp³-hybridized carbons (Fsp3) is 0.400. The van der Waals surface area contributed by atoms with Crippen molar-refractivity contribution >= 4 is 17.4 Å². The van der Waals surface area contributed by atoms with Crippen molar-refractivity contribution in [2.75, 3.05) is 29.4 Å². The Morgan fingerprint density at radius 1 is 1.00 bits per heavy atom. The highest BCUT2D eigenvalue weighted by molar-refractivity contribution is 6.06. The van der Waals surface area contributed by atoms with Gasteiger partial charge in [0, 0.05) is 37.1 Å². The number of carbonyl (C=O) groups excluding carboxylic acids is 1. The number of aromatic nitrogens is 1. The van der Waals surface area contributed by atoms with Gasteiger partial charge in [0.15, 0.2) is 0 Å². The van der Waals surface area contributed by atoms with Gasteiger partial charge in [-0.1, -0.05) is 32.0 Å². The Hall–Kier alpha value is -2.36. The van der Waals surface area contributed by atoms with Crippen LogP contribution in [0.15, 0.2) is 48.7 Å². The molecule has 1 heterocycles. The number of hydrogen-bond acceptors (Lipinski definition) is 3. The largest absolute Gasteiger partial charge is 0.357 e. The third kappa shape index (κ3) is 4.34. The van der Waals surface area contributed by atoms with E-state index in [0.717, 1.165) is 37.4 Å². The standard InChI is InChI=1S/C20H27N3O/c1-4-14-22(15-5-2)19-16-17(12-13-21-19)20(24)23(6-3)18-10-8-7-9-11-18/h7-13,16H,4-6,14-15H2,1-3H3. The van der Waals surface area contributed by atoms with E-state index in [1.807, 2.05) is 43.3 Å². The zero-order valence-corrected chi connectivity index (χ0v) is 14.9. The van der Waals surface area contributed by atoms with Crippen molar-refractivity contribution in [3.63, 3.8) is 0 Å². The molecule has 1 aromatic heterocycles. The number of para-hydroxylation sites is 1. The van der Waals surface area contributed by atoms with Crippen LogP contribution >= 0.6 is 0 Å². The van der Waals surface area contributed by atoms with Gasteiger partial charge in [-0.25, -0.2) is 4.98 Å². The lowest BCUT2D eigenvalue weighted by Crippen LogP contribution is -2.31. The molecule has 24 heavy (non-hydrogen) atoms. The highest BCUT2D eigenvalue weighted by Gasteiger charge is 2.17. The van der Waals surface area contributed by atoms with Gasteiger partial charge in [-0.05, 0) is 44.0 Å². The topological polar surface area (TPSA) is 36.4 Å². The number of rotatable bonds is 8. The minimum absolute atomic E-state index is 0.0142. The molecule has 0 aliphatic carbocycles. The van der Waals surface area contributed by atoms with E-state index in [1.165, 1.54) is 0 Å². The molecule has 2 rings (SSSR count). The molecule has 2 aromatic rings. The Balaban J connectivity index is 2.27. The minimum Gasteiger partial charge on any atom is -0.357 e. The second kappa shape index (κ2) is 9.06. The van der Waals surface area contributed by atoms with E-state index in [-0.39, 0.29) is 5.91 Å². The second-order valence-corrected chi connectivity index (χ2v) is 5.77. The maximum Gasteiger partial charge on any atom is 0.258 e. The van der Waals surface area contributed by atoms with E-state index in [4.69, 9.17) is 0 Å². The summed E-state index contributed by atoms with van der Waals surface area (Å²) in [6.45, 7) is 8.85. The molecule has 0 unspecified atom stereocenters. The first-order valence-corrected chi connectivity index (χ1v) is 8.79. The highest BCUT2D eigenvalue weighted by atomic mass is 16.2. The number of anilines is 2. The average Bonchev–Trinajstić information content (AvgIpc) is 2.63. The molecule has 1 aromatic carbocycles. The van der Waals surface area contributed by atoms with E-state index in [0.29, 0.717) is 12.1 Å². The van der Waals surface area contributed by atoms with Gasteiger partial charge in [0.05, 0.1) is 0 Å². The predicted octanol–water partition coefficient (Wildman–Crippen LogP) is 4.37. The molecule has 0 fully saturated rings. The lowest BCUT2D eigenvalue weighted by molar-refractivity contribution is 0.0988. The number of benzene rings is 1. The summed E-state index contributed by atoms with van der Waals surface area (Å²) in [6.07, 6.45) is 3.86. The Kier molecular flexibility index (Phi) is 6.79. The Bertz CT molecular complexity index is 636. The van der Waals surface area contributed by atoms with Crippen LogP contribution in [-0.4, -0.2) is 30.5 Å². The molecule has 0 saturated heterocycles. The van der Waals surface area contributed by atoms with Crippen molar-refractivity contribution in [1.29, 1.82) is 0 Å². The van der Waals surface area contributed by atoms with Crippen LogP contribution in [0, 0.1) is 0 Å². The molecular weight excluding hydrogens is 298 g/mol. The van der Waals surface area contributed by atoms with Gasteiger partial charge in [0.2, 0.25) is 0 Å². The van der Waals surface area contributed by atoms with Gasteiger partial charge in [0.25, 0.3) is 5.91 Å². The van der Waals surface area contributed by atoms with Crippen LogP contribution in [-0.2, 0) is 0 Å². The summed E-state index contributed by atoms with van der Waals surface area (Å²) in [6, 6.07) is 13.5. The fourth-order valence-electron chi connectivity index (χ4n) is 2.81. The maximum absolute atomic E-state index is 12.9. The molecule has 0 N–H and O–H groups in total. The van der Waals surface area contributed by atoms with Crippen LogP contribution in [0.2, 0.25) is 0 Å². The van der Waals surface area contributed by atoms with E-state index in [9.17, 15) is 4.79 Å². The van der Waals surface area contributed by atoms with Gasteiger partial charge >= 0.3 is 0 Å². The number of carbonyl (C=O) groups is 1. The van der Waals surface area contributed by atoms with E-state index in [1.54, 1.807) is 17.2 Å². The van der Waals surface area contributed by atoms with Crippen LogP contribution in [0.5, 0.6) is 0 Å². The van der Waals surface area contributed by atoms with E-state index in [2.05, 4.69) is 23.7 Å². The number of pyridine rings is 1. The highest BCUT2D eigenvalue weighted by Crippen LogP contribution is 2.19. The van der Waals surface area contributed by atoms with Crippen LogP contribution in [0.25, 0.3) is 0 Å². The quantitative estimate of drug-likeness (QED) is 0.723. The number of hydrogen-bond donors (Lipinski definition) is 0. The number of amides is 1. The smallest absolute Gasteiger partial charge is 0.258 e. The molecule has 0 atom stereocenters. The van der Waals surface area contributed by atoms with Gasteiger partial charge in [-0.3, -0.25) is 4.79 Å². The molecule has 128 valence electrons. The van der Waals surface area contributed by atoms with Crippen molar-refractivity contribution in [3.8, 4) is 0 Å². The summed E-state index contributed by atoms with van der Waals surface area (Å²) >= 11 is 0. The zero-order valence-electron chi connectivity index (χ0n) is 14.9. The molecule has 4 heteroatoms. The zero-order chi connectivity index (χ0) is 17.4. The van der Waals surface area contributed by atoms with Crippen molar-refractivity contribution in [2.24, 2.45) is 0 Å². The minimum atomic E-state index is 0.0142. The summed E-state index contributed by atoms with van der Waals surface area (Å²) in [7, 11) is 0. The number of nitrogens with zero attached hydrogens (tertiary/aromatic N) is 3. The van der Waals surface area contributed by atoms with Crippen LogP contribution in [0.1, 0.15) is 44.0 Å². The van der Waals surface area contributed by atoms with Gasteiger partial charge < -0.3 is 9.80 Å². The van der Waals surface area contributed by atoms with Crippen LogP contribution in [0.4, 0.5) is 11.5 Å². The Morgan fingerprint density at radius 3 is 2.25 bits per heavy atom. The van der Waals surface area contributed by atoms with Crippen molar-refractivity contribution in [2.45, 2.75) is 33.6 Å². The first-order chi connectivity index (χ1) is 11.7. The Morgan fingerprint density at radius 2 is 1.67 bits per heavy atom. The van der Waals surface area contributed by atoms with Crippen molar-refractivity contribution in [3.05, 3.63) is 54.2 Å². The van der Waals surface area contributed by atoms with Gasteiger partial charge in [0.1, 0.15) is 5.82 Å². The van der Waals surface area contributed by atoms with Gasteiger partial charge in [-0.2, -0.15) is 0 Å². The first-order valence-electron chi connectivity index (χ1n) is 8.79. The summed E-state index contributed by atoms with van der Waals surface area (Å²) in [5.74, 6) is 0.897. The molecule has 0 saturated carbocycles. The third-order valence-corrected chi connectivity index (χ3v) is 3.93. The third-order valence-electron chi connectivity index (χ3n) is 3.93. The molecule has 0 radical (unpaired) electrons. The molecule has 0 aliphatic heterocycles. The van der Waals surface area contributed by atoms with Crippen molar-refractivity contribution in [1.82, 2.24) is 4.98 Å². The maximum atomic E-state index is 12.9. The second-order valence-electron chi connectivity index (χ2n) is 5.77. The van der Waals surface area contributed by atoms with Crippen LogP contribution in [0.3, 0.4) is 0 Å². The lowest BCUT2D eigenvalue weighted by Gasteiger charge is -2.24. The predicted molar refractivity (Wildman–Crippen MR) is 101 cm³/mol. The SMILES string of the molecule is CCCN(CCC)c1cc(C(=O)N(CC)c2ccccc2)ccn1. The average molecular weight is 325 g/mol. The summed E-state index contributed by atoms with van der Waals surface area (Å²) in [5, 5.41) is 0. The monoisotopic (exact) mass is 325 g/mol. The molecule has 0 bridgehead atoms. The molecule has 0 spiro atoms. The van der Waals surface area contributed by atoms with E-state index < -0.39 is 0 Å². The molecule has 1 amide bonds. The first kappa shape index (κ1) is 18.0. The molecule has 4 nitrogen and oxygen atoms in total. The van der Waals surface area contributed by atoms with Crippen molar-refractivity contribution < 1.29 is 4.79 Å². The Labute approximate surface area is 145 Å². The summed E-state index contributed by atoms with van der Waals surface area (Å²) in [5.41, 5.74) is 1.60. The summed E-state index contributed by atoms with van der Waals surface area (Å²) in [4.78, 5) is 21.5. The normalized spacial score (nSPS) is 10.5. The van der Waals surface area contributed by atoms with Gasteiger partial charge in [-0.15, -0.1) is 0 Å². The molecule has 0 aliphatic rings. The molecular formula is C20H27N3O. The van der Waals surface area contributed by atoms with Crippen LogP contribution < -0.4 is 9.80 Å². The van der Waals surface area contributed by atoms with E-state index >= 15 is 0 Å². The summed E-state index contributed by atoms with van der Waals surface area (Å²) < 4.78 is 0.